The standard InChI is InChI=1S/C27H37N5O3.2ClH/c1-19(2)28-12-13-29-26(34)17-31(25-14-22(21(4)33)11-10-20(25)3)18-27(35)30(5)32-15-23-8-6-7-9-24(23)16-32;;/h6-11,14,19,28H,12-13,15-18H2,1-5H3,(H,29,34);2*1H. The van der Waals surface area contributed by atoms with Gasteiger partial charge in [-0.1, -0.05) is 50.2 Å². The van der Waals surface area contributed by atoms with Crippen molar-refractivity contribution < 1.29 is 14.4 Å². The quantitative estimate of drug-likeness (QED) is 0.329. The number of hydrazine groups is 1. The molecule has 0 saturated heterocycles. The summed E-state index contributed by atoms with van der Waals surface area (Å²) in [7, 11) is 1.77. The minimum Gasteiger partial charge on any atom is -0.353 e. The van der Waals surface area contributed by atoms with Crippen LogP contribution in [0.25, 0.3) is 0 Å². The van der Waals surface area contributed by atoms with Gasteiger partial charge in [0.05, 0.1) is 13.1 Å². The number of anilines is 1. The van der Waals surface area contributed by atoms with Crippen molar-refractivity contribution in [3.8, 4) is 0 Å². The second kappa shape index (κ2) is 14.9. The number of Topliss-reactive ketones (excluding diaryl/α,β-unsaturated/α-hetero) is 1. The summed E-state index contributed by atoms with van der Waals surface area (Å²) >= 11 is 0. The van der Waals surface area contributed by atoms with E-state index in [0.717, 1.165) is 5.56 Å². The zero-order chi connectivity index (χ0) is 25.5. The first-order valence-corrected chi connectivity index (χ1v) is 12.1. The van der Waals surface area contributed by atoms with Crippen LogP contribution in [0, 0.1) is 6.92 Å². The largest absolute Gasteiger partial charge is 0.353 e. The molecule has 2 aromatic carbocycles. The van der Waals surface area contributed by atoms with E-state index < -0.39 is 0 Å². The maximum atomic E-state index is 13.3. The Morgan fingerprint density at radius 2 is 1.59 bits per heavy atom. The average molecular weight is 553 g/mol. The van der Waals surface area contributed by atoms with Crippen LogP contribution >= 0.6 is 24.8 Å². The number of hydrogen-bond donors (Lipinski definition) is 2. The van der Waals surface area contributed by atoms with Crippen molar-refractivity contribution in [2.75, 3.05) is 38.1 Å². The molecular weight excluding hydrogens is 513 g/mol. The molecular formula is C27H39Cl2N5O3. The number of hydrogen-bond acceptors (Lipinski definition) is 6. The van der Waals surface area contributed by atoms with Gasteiger partial charge in [0.2, 0.25) is 5.91 Å². The maximum absolute atomic E-state index is 13.3. The molecule has 0 atom stereocenters. The minimum absolute atomic E-state index is 0. The third-order valence-corrected chi connectivity index (χ3v) is 6.23. The van der Waals surface area contributed by atoms with Crippen LogP contribution in [0.15, 0.2) is 42.5 Å². The van der Waals surface area contributed by atoms with Crippen LogP contribution in [-0.4, -0.2) is 66.9 Å². The highest BCUT2D eigenvalue weighted by Crippen LogP contribution is 2.25. The van der Waals surface area contributed by atoms with E-state index in [2.05, 4.69) is 36.6 Å². The van der Waals surface area contributed by atoms with E-state index in [0.29, 0.717) is 43.5 Å². The normalized spacial score (nSPS) is 12.3. The lowest BCUT2D eigenvalue weighted by Gasteiger charge is -2.32. The average Bonchev–Trinajstić information content (AvgIpc) is 3.25. The molecule has 0 aliphatic carbocycles. The van der Waals surface area contributed by atoms with Crippen LogP contribution in [0.4, 0.5) is 5.69 Å². The first kappa shape index (κ1) is 32.4. The molecule has 0 saturated carbocycles. The van der Waals surface area contributed by atoms with E-state index in [1.807, 2.05) is 30.1 Å². The Hall–Kier alpha value is -2.65. The van der Waals surface area contributed by atoms with Gasteiger partial charge in [0.15, 0.2) is 5.78 Å². The number of ketones is 1. The molecule has 0 unspecified atom stereocenters. The lowest BCUT2D eigenvalue weighted by molar-refractivity contribution is -0.145. The molecule has 1 aliphatic rings. The van der Waals surface area contributed by atoms with E-state index in [1.54, 1.807) is 29.1 Å². The highest BCUT2D eigenvalue weighted by Gasteiger charge is 2.27. The molecule has 2 amide bonds. The number of halogens is 2. The van der Waals surface area contributed by atoms with E-state index in [1.165, 1.54) is 18.1 Å². The van der Waals surface area contributed by atoms with E-state index in [4.69, 9.17) is 0 Å². The minimum atomic E-state index is -0.174. The second-order valence-electron chi connectivity index (χ2n) is 9.38. The number of nitrogens with zero attached hydrogens (tertiary/aromatic N) is 3. The number of benzene rings is 2. The fourth-order valence-electron chi connectivity index (χ4n) is 4.14. The summed E-state index contributed by atoms with van der Waals surface area (Å²) in [6.07, 6.45) is 0. The lowest BCUT2D eigenvalue weighted by atomic mass is 10.1. The molecule has 1 aliphatic heterocycles. The van der Waals surface area contributed by atoms with Crippen molar-refractivity contribution in [2.24, 2.45) is 0 Å². The number of carbonyl (C=O) groups is 3. The van der Waals surface area contributed by atoms with Gasteiger partial charge in [-0.15, -0.1) is 24.8 Å². The molecule has 0 radical (unpaired) electrons. The first-order valence-electron chi connectivity index (χ1n) is 12.1. The molecule has 0 spiro atoms. The van der Waals surface area contributed by atoms with Gasteiger partial charge >= 0.3 is 0 Å². The molecule has 2 N–H and O–H groups in total. The molecule has 0 bridgehead atoms. The number of fused-ring (bicyclic) bond motifs is 1. The zero-order valence-electron chi connectivity index (χ0n) is 22.2. The van der Waals surface area contributed by atoms with Crippen LogP contribution in [0.1, 0.15) is 47.8 Å². The monoisotopic (exact) mass is 551 g/mol. The van der Waals surface area contributed by atoms with Crippen LogP contribution in [-0.2, 0) is 22.7 Å². The van der Waals surface area contributed by atoms with E-state index in [-0.39, 0.29) is 55.5 Å². The van der Waals surface area contributed by atoms with Crippen molar-refractivity contribution in [1.29, 1.82) is 0 Å². The summed E-state index contributed by atoms with van der Waals surface area (Å²) in [5, 5.41) is 9.83. The lowest BCUT2D eigenvalue weighted by Crippen LogP contribution is -2.48. The zero-order valence-corrected chi connectivity index (χ0v) is 23.9. The Morgan fingerprint density at radius 3 is 2.16 bits per heavy atom. The Bertz CT molecular complexity index is 1050. The van der Waals surface area contributed by atoms with E-state index in [9.17, 15) is 14.4 Å². The smallest absolute Gasteiger partial charge is 0.256 e. The van der Waals surface area contributed by atoms with Crippen LogP contribution < -0.4 is 15.5 Å². The fraction of sp³-hybridized carbons (Fsp3) is 0.444. The number of rotatable bonds is 11. The second-order valence-corrected chi connectivity index (χ2v) is 9.38. The summed E-state index contributed by atoms with van der Waals surface area (Å²) in [5.74, 6) is -0.361. The van der Waals surface area contributed by atoms with Gasteiger partial charge in [-0.05, 0) is 36.6 Å². The van der Waals surface area contributed by atoms with Crippen LogP contribution in [0.2, 0.25) is 0 Å². The van der Waals surface area contributed by atoms with Gasteiger partial charge in [-0.25, -0.2) is 5.01 Å². The highest BCUT2D eigenvalue weighted by molar-refractivity contribution is 5.96. The van der Waals surface area contributed by atoms with Crippen LogP contribution in [0.3, 0.4) is 0 Å². The summed E-state index contributed by atoms with van der Waals surface area (Å²) in [4.78, 5) is 39.9. The topological polar surface area (TPSA) is 85.0 Å². The summed E-state index contributed by atoms with van der Waals surface area (Å²) in [6, 6.07) is 13.9. The van der Waals surface area contributed by atoms with Crippen molar-refractivity contribution in [3.63, 3.8) is 0 Å². The molecule has 1 heterocycles. The summed E-state index contributed by atoms with van der Waals surface area (Å²) < 4.78 is 0. The molecule has 10 heteroatoms. The van der Waals surface area contributed by atoms with Crippen molar-refractivity contribution in [2.45, 2.75) is 46.8 Å². The summed E-state index contributed by atoms with van der Waals surface area (Å²) in [6.45, 7) is 10.1. The molecule has 3 rings (SSSR count). The van der Waals surface area contributed by atoms with Crippen molar-refractivity contribution in [1.82, 2.24) is 20.7 Å². The predicted molar refractivity (Wildman–Crippen MR) is 152 cm³/mol. The molecule has 0 fully saturated rings. The number of likely N-dealkylation sites (N-methyl/N-ethyl adjacent to an activating group) is 1. The fourth-order valence-corrected chi connectivity index (χ4v) is 4.14. The number of carbonyl (C=O) groups excluding carboxylic acids is 3. The Kier molecular flexibility index (Phi) is 13.1. The number of aryl methyl sites for hydroxylation is 1. The van der Waals surface area contributed by atoms with Crippen molar-refractivity contribution in [3.05, 3.63) is 64.7 Å². The SMILES string of the molecule is CC(=O)c1ccc(C)c(N(CC(=O)NCCNC(C)C)CC(=O)N(C)N2Cc3ccccc3C2)c1.Cl.Cl. The van der Waals surface area contributed by atoms with Crippen molar-refractivity contribution >= 4 is 48.1 Å². The molecule has 0 aromatic heterocycles. The van der Waals surface area contributed by atoms with Gasteiger partial charge in [0.1, 0.15) is 0 Å². The third-order valence-electron chi connectivity index (χ3n) is 6.23. The number of nitrogens with one attached hydrogen (secondary N) is 2. The summed E-state index contributed by atoms with van der Waals surface area (Å²) in [5.41, 5.74) is 4.58. The molecule has 8 nitrogen and oxygen atoms in total. The van der Waals surface area contributed by atoms with Gasteiger partial charge < -0.3 is 15.5 Å². The number of amides is 2. The Morgan fingerprint density at radius 1 is 0.973 bits per heavy atom. The molecule has 2 aromatic rings. The van der Waals surface area contributed by atoms with Gasteiger partial charge in [0, 0.05) is 50.5 Å². The maximum Gasteiger partial charge on any atom is 0.256 e. The van der Waals surface area contributed by atoms with Crippen LogP contribution in [0.5, 0.6) is 0 Å². The Balaban J connectivity index is 0.00000342. The molecule has 37 heavy (non-hydrogen) atoms. The van der Waals surface area contributed by atoms with Gasteiger partial charge in [-0.2, -0.15) is 0 Å². The van der Waals surface area contributed by atoms with E-state index >= 15 is 0 Å². The third kappa shape index (κ3) is 9.00. The van der Waals surface area contributed by atoms with Gasteiger partial charge in [-0.3, -0.25) is 19.4 Å². The van der Waals surface area contributed by atoms with Gasteiger partial charge in [0.25, 0.3) is 5.91 Å². The molecule has 204 valence electrons. The first-order chi connectivity index (χ1) is 16.7. The highest BCUT2D eigenvalue weighted by atomic mass is 35.5. The predicted octanol–water partition coefficient (Wildman–Crippen LogP) is 3.35. The Labute approximate surface area is 232 Å².